The molecule has 0 amide bonds. The van der Waals surface area contributed by atoms with Crippen LogP contribution in [0.5, 0.6) is 0 Å². The third-order valence-electron chi connectivity index (χ3n) is 5.95. The summed E-state index contributed by atoms with van der Waals surface area (Å²) < 4.78 is 0. The molecule has 0 bridgehead atoms. The van der Waals surface area contributed by atoms with Gasteiger partial charge in [-0.3, -0.25) is 4.98 Å². The summed E-state index contributed by atoms with van der Waals surface area (Å²) in [5, 5.41) is 1.13. The van der Waals surface area contributed by atoms with Gasteiger partial charge in [-0.05, 0) is 17.7 Å². The first-order chi connectivity index (χ1) is 16.8. The van der Waals surface area contributed by atoms with E-state index >= 15 is 0 Å². The van der Waals surface area contributed by atoms with E-state index in [1.165, 1.54) is 0 Å². The lowest BCUT2D eigenvalue weighted by Gasteiger charge is -2.10. The second-order valence-corrected chi connectivity index (χ2v) is 8.15. The molecule has 6 aromatic rings. The van der Waals surface area contributed by atoms with Gasteiger partial charge in [0.15, 0.2) is 5.82 Å². The van der Waals surface area contributed by atoms with E-state index in [1.807, 2.05) is 48.7 Å². The van der Waals surface area contributed by atoms with E-state index < -0.39 is 0 Å². The van der Waals surface area contributed by atoms with Gasteiger partial charge in [-0.15, -0.1) is 0 Å². The Bertz CT molecular complexity index is 1510. The Hall–Kier alpha value is -4.63. The van der Waals surface area contributed by atoms with Crippen LogP contribution in [0.2, 0.25) is 0 Å². The van der Waals surface area contributed by atoms with Crippen molar-refractivity contribution in [3.8, 4) is 45.0 Å². The molecule has 0 unspecified atom stereocenters. The molecule has 3 nitrogen and oxygen atoms in total. The van der Waals surface area contributed by atoms with Crippen LogP contribution >= 0.6 is 0 Å². The SMILES string of the molecule is c1ccc(-c2cc(-c3ccccc3)nc(-c3ccc(-c4cccc5cccnc45)cc3)n2)cc1. The third-order valence-corrected chi connectivity index (χ3v) is 5.95. The first-order valence-electron chi connectivity index (χ1n) is 11.3. The minimum absolute atomic E-state index is 0.711. The highest BCUT2D eigenvalue weighted by atomic mass is 14.9. The molecule has 0 atom stereocenters. The molecule has 160 valence electrons. The van der Waals surface area contributed by atoms with Gasteiger partial charge in [0, 0.05) is 33.8 Å². The number of hydrogen-bond donors (Lipinski definition) is 0. The highest BCUT2D eigenvalue weighted by molar-refractivity contribution is 5.93. The van der Waals surface area contributed by atoms with E-state index in [1.54, 1.807) is 0 Å². The Morgan fingerprint density at radius 1 is 0.441 bits per heavy atom. The molecule has 0 N–H and O–H groups in total. The van der Waals surface area contributed by atoms with Crippen LogP contribution in [-0.4, -0.2) is 15.0 Å². The highest BCUT2D eigenvalue weighted by Gasteiger charge is 2.11. The normalized spacial score (nSPS) is 10.9. The van der Waals surface area contributed by atoms with Crippen LogP contribution in [0.3, 0.4) is 0 Å². The van der Waals surface area contributed by atoms with E-state index in [0.29, 0.717) is 5.82 Å². The quantitative estimate of drug-likeness (QED) is 0.285. The van der Waals surface area contributed by atoms with Crippen LogP contribution in [0.25, 0.3) is 55.9 Å². The average Bonchev–Trinajstić information content (AvgIpc) is 2.93. The summed E-state index contributed by atoms with van der Waals surface area (Å²) in [6.45, 7) is 0. The molecule has 0 radical (unpaired) electrons. The fourth-order valence-corrected chi connectivity index (χ4v) is 4.23. The van der Waals surface area contributed by atoms with E-state index in [2.05, 4.69) is 83.8 Å². The van der Waals surface area contributed by atoms with Gasteiger partial charge >= 0.3 is 0 Å². The molecular formula is C31H21N3. The summed E-state index contributed by atoms with van der Waals surface area (Å²) in [6.07, 6.45) is 1.84. The zero-order valence-electron chi connectivity index (χ0n) is 18.5. The van der Waals surface area contributed by atoms with Gasteiger partial charge in [-0.25, -0.2) is 9.97 Å². The molecule has 2 heterocycles. The van der Waals surface area contributed by atoms with E-state index in [0.717, 1.165) is 50.1 Å². The predicted octanol–water partition coefficient (Wildman–Crippen LogP) is 7.69. The Balaban J connectivity index is 1.45. The van der Waals surface area contributed by atoms with Crippen molar-refractivity contribution in [3.05, 3.63) is 128 Å². The Morgan fingerprint density at radius 2 is 1.03 bits per heavy atom. The Morgan fingerprint density at radius 3 is 1.68 bits per heavy atom. The number of aromatic nitrogens is 3. The maximum absolute atomic E-state index is 4.93. The van der Waals surface area contributed by atoms with Crippen LogP contribution in [-0.2, 0) is 0 Å². The first kappa shape index (κ1) is 20.0. The van der Waals surface area contributed by atoms with Crippen molar-refractivity contribution in [2.75, 3.05) is 0 Å². The van der Waals surface area contributed by atoms with Crippen LogP contribution in [0.15, 0.2) is 128 Å². The van der Waals surface area contributed by atoms with E-state index in [4.69, 9.17) is 9.97 Å². The predicted molar refractivity (Wildman–Crippen MR) is 139 cm³/mol. The van der Waals surface area contributed by atoms with Gasteiger partial charge in [0.05, 0.1) is 16.9 Å². The van der Waals surface area contributed by atoms with Crippen LogP contribution in [0, 0.1) is 0 Å². The summed E-state index contributed by atoms with van der Waals surface area (Å²) in [4.78, 5) is 14.5. The zero-order valence-corrected chi connectivity index (χ0v) is 18.5. The lowest BCUT2D eigenvalue weighted by molar-refractivity contribution is 1.18. The van der Waals surface area contributed by atoms with Crippen molar-refractivity contribution in [1.82, 2.24) is 15.0 Å². The monoisotopic (exact) mass is 435 g/mol. The van der Waals surface area contributed by atoms with Gasteiger partial charge in [0.25, 0.3) is 0 Å². The van der Waals surface area contributed by atoms with Gasteiger partial charge in [-0.2, -0.15) is 0 Å². The maximum Gasteiger partial charge on any atom is 0.160 e. The molecule has 0 aliphatic rings. The molecule has 2 aromatic heterocycles. The molecule has 0 spiro atoms. The molecule has 0 fully saturated rings. The molecule has 0 saturated carbocycles. The molecule has 0 aliphatic carbocycles. The van der Waals surface area contributed by atoms with E-state index in [9.17, 15) is 0 Å². The first-order valence-corrected chi connectivity index (χ1v) is 11.3. The largest absolute Gasteiger partial charge is 0.256 e. The minimum Gasteiger partial charge on any atom is -0.256 e. The molecule has 0 saturated heterocycles. The lowest BCUT2D eigenvalue weighted by atomic mass is 10.0. The number of nitrogens with zero attached hydrogens (tertiary/aromatic N) is 3. The van der Waals surface area contributed by atoms with Gasteiger partial charge < -0.3 is 0 Å². The summed E-state index contributed by atoms with van der Waals surface area (Å²) in [5.74, 6) is 0.711. The van der Waals surface area contributed by atoms with Gasteiger partial charge in [0.2, 0.25) is 0 Å². The summed E-state index contributed by atoms with van der Waals surface area (Å²) in [7, 11) is 0. The Kier molecular flexibility index (Phi) is 5.13. The fraction of sp³-hybridized carbons (Fsp3) is 0. The Labute approximate surface area is 198 Å². The number of para-hydroxylation sites is 1. The molecular weight excluding hydrogens is 414 g/mol. The number of benzene rings is 4. The molecule has 34 heavy (non-hydrogen) atoms. The summed E-state index contributed by atoms with van der Waals surface area (Å²) >= 11 is 0. The number of hydrogen-bond acceptors (Lipinski definition) is 3. The standard InChI is InChI=1S/C31H21N3/c1-3-9-23(10-4-1)28-21-29(24-11-5-2-6-12-24)34-31(33-28)26-18-16-22(17-19-26)27-15-7-13-25-14-8-20-32-30(25)27/h1-21H. The van der Waals surface area contributed by atoms with Gasteiger partial charge in [0.1, 0.15) is 0 Å². The molecule has 0 aliphatic heterocycles. The average molecular weight is 436 g/mol. The second kappa shape index (κ2) is 8.72. The highest BCUT2D eigenvalue weighted by Crippen LogP contribution is 2.31. The summed E-state index contributed by atoms with van der Waals surface area (Å²) in [5.41, 5.74) is 8.18. The zero-order chi connectivity index (χ0) is 22.7. The molecule has 3 heteroatoms. The van der Waals surface area contributed by atoms with Crippen molar-refractivity contribution in [3.63, 3.8) is 0 Å². The third kappa shape index (κ3) is 3.84. The molecule has 4 aromatic carbocycles. The smallest absolute Gasteiger partial charge is 0.160 e. The van der Waals surface area contributed by atoms with Gasteiger partial charge in [-0.1, -0.05) is 109 Å². The number of pyridine rings is 1. The van der Waals surface area contributed by atoms with Crippen molar-refractivity contribution < 1.29 is 0 Å². The lowest BCUT2D eigenvalue weighted by Crippen LogP contribution is -1.96. The fourth-order valence-electron chi connectivity index (χ4n) is 4.23. The molecule has 6 rings (SSSR count). The minimum atomic E-state index is 0.711. The topological polar surface area (TPSA) is 38.7 Å². The number of fused-ring (bicyclic) bond motifs is 1. The van der Waals surface area contributed by atoms with Crippen LogP contribution in [0.1, 0.15) is 0 Å². The van der Waals surface area contributed by atoms with Crippen molar-refractivity contribution in [2.45, 2.75) is 0 Å². The van der Waals surface area contributed by atoms with Crippen LogP contribution in [0.4, 0.5) is 0 Å². The van der Waals surface area contributed by atoms with Crippen LogP contribution < -0.4 is 0 Å². The number of rotatable bonds is 4. The second-order valence-electron chi connectivity index (χ2n) is 8.15. The maximum atomic E-state index is 4.93. The van der Waals surface area contributed by atoms with Crippen molar-refractivity contribution in [2.24, 2.45) is 0 Å². The summed E-state index contributed by atoms with van der Waals surface area (Å²) in [6, 6.07) is 41.3. The van der Waals surface area contributed by atoms with Crippen molar-refractivity contribution >= 4 is 10.9 Å². The van der Waals surface area contributed by atoms with Crippen molar-refractivity contribution in [1.29, 1.82) is 0 Å². The van der Waals surface area contributed by atoms with E-state index in [-0.39, 0.29) is 0 Å².